The number of hydrogen-bond acceptors (Lipinski definition) is 4. The Labute approximate surface area is 135 Å². The minimum absolute atomic E-state index is 0.0579. The molecule has 122 valence electrons. The van der Waals surface area contributed by atoms with E-state index < -0.39 is 0 Å². The molecule has 1 amide bonds. The zero-order chi connectivity index (χ0) is 15.9. The van der Waals surface area contributed by atoms with Crippen LogP contribution < -0.4 is 0 Å². The molecular formula is C18H21NO4. The van der Waals surface area contributed by atoms with Gasteiger partial charge in [-0.1, -0.05) is 18.2 Å². The highest BCUT2D eigenvalue weighted by atomic mass is 16.5. The van der Waals surface area contributed by atoms with Gasteiger partial charge in [0.1, 0.15) is 11.2 Å². The number of hydrogen-bond donors (Lipinski definition) is 0. The lowest BCUT2D eigenvalue weighted by Gasteiger charge is -2.49. The smallest absolute Gasteiger partial charge is 0.289 e. The van der Waals surface area contributed by atoms with Gasteiger partial charge in [-0.25, -0.2) is 0 Å². The molecule has 0 N–H and O–H groups in total. The lowest BCUT2D eigenvalue weighted by molar-refractivity contribution is -0.128. The van der Waals surface area contributed by atoms with E-state index in [9.17, 15) is 4.79 Å². The van der Waals surface area contributed by atoms with Crippen molar-refractivity contribution in [2.75, 3.05) is 32.9 Å². The summed E-state index contributed by atoms with van der Waals surface area (Å²) < 4.78 is 17.2. The van der Waals surface area contributed by atoms with E-state index in [2.05, 4.69) is 0 Å². The topological polar surface area (TPSA) is 51.9 Å². The summed E-state index contributed by atoms with van der Waals surface area (Å²) in [6.45, 7) is 5.43. The van der Waals surface area contributed by atoms with Gasteiger partial charge < -0.3 is 18.8 Å². The van der Waals surface area contributed by atoms with Gasteiger partial charge in [0.15, 0.2) is 5.76 Å². The molecule has 5 nitrogen and oxygen atoms in total. The Kier molecular flexibility index (Phi) is 3.62. The van der Waals surface area contributed by atoms with E-state index in [1.165, 1.54) is 0 Å². The normalized spacial score (nSPS) is 22.7. The minimum Gasteiger partial charge on any atom is -0.451 e. The zero-order valence-electron chi connectivity index (χ0n) is 13.3. The van der Waals surface area contributed by atoms with E-state index in [-0.39, 0.29) is 11.5 Å². The summed E-state index contributed by atoms with van der Waals surface area (Å²) in [5.41, 5.74) is 0.536. The van der Waals surface area contributed by atoms with Gasteiger partial charge in [-0.3, -0.25) is 4.79 Å². The summed E-state index contributed by atoms with van der Waals surface area (Å²) in [5.74, 6) is 0.722. The van der Waals surface area contributed by atoms with E-state index in [1.807, 2.05) is 42.2 Å². The van der Waals surface area contributed by atoms with E-state index in [1.54, 1.807) is 0 Å². The summed E-state index contributed by atoms with van der Waals surface area (Å²) in [5, 5.41) is 0.956. The molecule has 2 aromatic rings. The van der Waals surface area contributed by atoms with Gasteiger partial charge in [-0.15, -0.1) is 0 Å². The van der Waals surface area contributed by atoms with Crippen molar-refractivity contribution in [2.24, 2.45) is 5.92 Å². The van der Waals surface area contributed by atoms with Crippen LogP contribution in [0.3, 0.4) is 0 Å². The second-order valence-electron chi connectivity index (χ2n) is 6.37. The van der Waals surface area contributed by atoms with Crippen LogP contribution >= 0.6 is 0 Å². The molecule has 0 aliphatic carbocycles. The average Bonchev–Trinajstić information content (AvgIpc) is 3.14. The first-order valence-corrected chi connectivity index (χ1v) is 8.21. The molecule has 2 aliphatic heterocycles. The fourth-order valence-corrected chi connectivity index (χ4v) is 3.62. The third kappa shape index (κ3) is 2.44. The molecule has 2 saturated heterocycles. The molecule has 1 atom stereocenters. The first kappa shape index (κ1) is 14.7. The summed E-state index contributed by atoms with van der Waals surface area (Å²) in [6.07, 6.45) is 1.01. The highest BCUT2D eigenvalue weighted by Crippen LogP contribution is 2.40. The van der Waals surface area contributed by atoms with Crippen molar-refractivity contribution in [3.63, 3.8) is 0 Å². The number of amides is 1. The van der Waals surface area contributed by atoms with Crippen LogP contribution in [0.25, 0.3) is 11.0 Å². The number of nitrogens with zero attached hydrogens (tertiary/aromatic N) is 1. The lowest BCUT2D eigenvalue weighted by Crippen LogP contribution is -2.66. The zero-order valence-corrected chi connectivity index (χ0v) is 13.3. The number of ether oxygens (including phenoxy) is 2. The highest BCUT2D eigenvalue weighted by molar-refractivity contribution is 5.96. The van der Waals surface area contributed by atoms with Crippen LogP contribution in [0.1, 0.15) is 23.9 Å². The number of carbonyl (C=O) groups excluding carboxylic acids is 1. The molecule has 23 heavy (non-hydrogen) atoms. The highest BCUT2D eigenvalue weighted by Gasteiger charge is 2.54. The van der Waals surface area contributed by atoms with Gasteiger partial charge in [-0.05, 0) is 25.5 Å². The number of benzene rings is 1. The molecule has 3 heterocycles. The fourth-order valence-electron chi connectivity index (χ4n) is 3.62. The third-order valence-corrected chi connectivity index (χ3v) is 4.96. The Balaban J connectivity index is 1.45. The van der Waals surface area contributed by atoms with Crippen molar-refractivity contribution in [2.45, 2.75) is 18.9 Å². The van der Waals surface area contributed by atoms with Crippen molar-refractivity contribution in [1.29, 1.82) is 0 Å². The van der Waals surface area contributed by atoms with E-state index >= 15 is 0 Å². The number of para-hydroxylation sites is 1. The molecule has 5 heteroatoms. The maximum atomic E-state index is 12.6. The summed E-state index contributed by atoms with van der Waals surface area (Å²) in [6, 6.07) is 9.49. The molecule has 0 radical (unpaired) electrons. The molecule has 1 aromatic carbocycles. The number of rotatable bonds is 4. The summed E-state index contributed by atoms with van der Waals surface area (Å²) in [4.78, 5) is 14.4. The van der Waals surface area contributed by atoms with E-state index in [0.29, 0.717) is 38.0 Å². The standard InChI is InChI=1S/C18H21NO4/c1-2-21-10-14-7-8-22-18(14)11-19(12-18)17(20)16-9-13-5-3-4-6-15(13)23-16/h3-6,9,14H,2,7-8,10-12H2,1H3/t14-/m0/s1. The second kappa shape index (κ2) is 5.65. The summed E-state index contributed by atoms with van der Waals surface area (Å²) >= 11 is 0. The molecule has 0 unspecified atom stereocenters. The third-order valence-electron chi connectivity index (χ3n) is 4.96. The maximum Gasteiger partial charge on any atom is 0.289 e. The van der Waals surface area contributed by atoms with Crippen molar-refractivity contribution in [3.05, 3.63) is 36.1 Å². The largest absolute Gasteiger partial charge is 0.451 e. The predicted octanol–water partition coefficient (Wildman–Crippen LogP) is 2.70. The van der Waals surface area contributed by atoms with Crippen molar-refractivity contribution < 1.29 is 18.7 Å². The van der Waals surface area contributed by atoms with Gasteiger partial charge in [0.2, 0.25) is 0 Å². The van der Waals surface area contributed by atoms with E-state index in [4.69, 9.17) is 13.9 Å². The van der Waals surface area contributed by atoms with Crippen LogP contribution in [0.2, 0.25) is 0 Å². The van der Waals surface area contributed by atoms with Crippen LogP contribution in [-0.2, 0) is 9.47 Å². The number of furan rings is 1. The lowest BCUT2D eigenvalue weighted by atomic mass is 9.81. The molecule has 2 aliphatic rings. The Morgan fingerprint density at radius 3 is 3.00 bits per heavy atom. The first-order chi connectivity index (χ1) is 11.2. The van der Waals surface area contributed by atoms with Crippen molar-refractivity contribution >= 4 is 16.9 Å². The van der Waals surface area contributed by atoms with Crippen LogP contribution in [0, 0.1) is 5.92 Å². The average molecular weight is 315 g/mol. The maximum absolute atomic E-state index is 12.6. The molecule has 2 fully saturated rings. The van der Waals surface area contributed by atoms with E-state index in [0.717, 1.165) is 24.0 Å². The molecule has 4 rings (SSSR count). The van der Waals surface area contributed by atoms with Gasteiger partial charge in [-0.2, -0.15) is 0 Å². The fraction of sp³-hybridized carbons (Fsp3) is 0.500. The van der Waals surface area contributed by atoms with Crippen LogP contribution in [0.4, 0.5) is 0 Å². The Morgan fingerprint density at radius 1 is 1.39 bits per heavy atom. The number of fused-ring (bicyclic) bond motifs is 1. The second-order valence-corrected chi connectivity index (χ2v) is 6.37. The molecule has 1 spiro atoms. The van der Waals surface area contributed by atoms with Crippen molar-refractivity contribution in [1.82, 2.24) is 4.90 Å². The molecule has 0 saturated carbocycles. The van der Waals surface area contributed by atoms with Crippen molar-refractivity contribution in [3.8, 4) is 0 Å². The first-order valence-electron chi connectivity index (χ1n) is 8.21. The van der Waals surface area contributed by atoms with Gasteiger partial charge >= 0.3 is 0 Å². The monoisotopic (exact) mass is 315 g/mol. The predicted molar refractivity (Wildman–Crippen MR) is 85.4 cm³/mol. The molecule has 1 aromatic heterocycles. The Hall–Kier alpha value is -1.85. The Bertz CT molecular complexity index is 684. The van der Waals surface area contributed by atoms with Crippen LogP contribution in [0.15, 0.2) is 34.7 Å². The molecule has 0 bridgehead atoms. The Morgan fingerprint density at radius 2 is 2.22 bits per heavy atom. The van der Waals surface area contributed by atoms with Crippen LogP contribution in [-0.4, -0.2) is 49.3 Å². The van der Waals surface area contributed by atoms with Crippen LogP contribution in [0.5, 0.6) is 0 Å². The van der Waals surface area contributed by atoms with Gasteiger partial charge in [0, 0.05) is 24.5 Å². The number of likely N-dealkylation sites (tertiary alicyclic amines) is 1. The summed E-state index contributed by atoms with van der Waals surface area (Å²) in [7, 11) is 0. The SMILES string of the molecule is CCOC[C@@H]1CCOC12CN(C(=O)c1cc3ccccc3o1)C2. The number of carbonyl (C=O) groups is 1. The molecular weight excluding hydrogens is 294 g/mol. The quantitative estimate of drug-likeness (QED) is 0.870. The minimum atomic E-state index is -0.211. The van der Waals surface area contributed by atoms with Gasteiger partial charge in [0.05, 0.1) is 19.7 Å². The van der Waals surface area contributed by atoms with Gasteiger partial charge in [0.25, 0.3) is 5.91 Å².